The quantitative estimate of drug-likeness (QED) is 0.731. The molecule has 7 heteroatoms. The standard InChI is InChI=1S/C7H5Cl2N5/c8-4-2-5(9)6(10)1-3(4)7-11-13-14-12-7/h1-2H,10H2,(H,11,12,13,14). The van der Waals surface area contributed by atoms with Gasteiger partial charge in [0.05, 0.1) is 15.7 Å². The van der Waals surface area contributed by atoms with Crippen molar-refractivity contribution >= 4 is 28.9 Å². The number of hydrogen-bond acceptors (Lipinski definition) is 4. The van der Waals surface area contributed by atoms with Gasteiger partial charge in [-0.2, -0.15) is 5.21 Å². The maximum Gasteiger partial charge on any atom is 0.206 e. The highest BCUT2D eigenvalue weighted by atomic mass is 35.5. The number of halogens is 2. The first-order chi connectivity index (χ1) is 6.68. The summed E-state index contributed by atoms with van der Waals surface area (Å²) in [4.78, 5) is 0. The zero-order valence-corrected chi connectivity index (χ0v) is 8.34. The Bertz CT molecular complexity index is 453. The van der Waals surface area contributed by atoms with Gasteiger partial charge in [0.25, 0.3) is 0 Å². The fourth-order valence-electron chi connectivity index (χ4n) is 1.01. The molecular formula is C7H5Cl2N5. The van der Waals surface area contributed by atoms with Gasteiger partial charge in [0.1, 0.15) is 0 Å². The minimum absolute atomic E-state index is 0.387. The van der Waals surface area contributed by atoms with E-state index in [9.17, 15) is 0 Å². The molecule has 0 fully saturated rings. The van der Waals surface area contributed by atoms with E-state index in [0.717, 1.165) is 0 Å². The predicted octanol–water partition coefficient (Wildman–Crippen LogP) is 1.76. The topological polar surface area (TPSA) is 80.5 Å². The summed E-state index contributed by atoms with van der Waals surface area (Å²) < 4.78 is 0. The molecule has 72 valence electrons. The molecule has 0 spiro atoms. The Hall–Kier alpha value is -1.33. The summed E-state index contributed by atoms with van der Waals surface area (Å²) in [5.74, 6) is 0.387. The number of anilines is 1. The van der Waals surface area contributed by atoms with Crippen LogP contribution in [0.2, 0.25) is 10.0 Å². The summed E-state index contributed by atoms with van der Waals surface area (Å²) in [7, 11) is 0. The van der Waals surface area contributed by atoms with E-state index in [1.54, 1.807) is 12.1 Å². The molecule has 3 N–H and O–H groups in total. The van der Waals surface area contributed by atoms with Crippen molar-refractivity contribution in [2.24, 2.45) is 0 Å². The van der Waals surface area contributed by atoms with Crippen LogP contribution in [-0.4, -0.2) is 20.6 Å². The molecule has 5 nitrogen and oxygen atoms in total. The second kappa shape index (κ2) is 3.43. The lowest BCUT2D eigenvalue weighted by molar-refractivity contribution is 0.881. The second-order valence-corrected chi connectivity index (χ2v) is 3.40. The van der Waals surface area contributed by atoms with E-state index in [4.69, 9.17) is 28.9 Å². The fraction of sp³-hybridized carbons (Fsp3) is 0. The number of rotatable bonds is 1. The lowest BCUT2D eigenvalue weighted by atomic mass is 10.2. The van der Waals surface area contributed by atoms with Crippen molar-refractivity contribution in [1.29, 1.82) is 0 Å². The molecular weight excluding hydrogens is 225 g/mol. The van der Waals surface area contributed by atoms with Gasteiger partial charge in [0, 0.05) is 5.56 Å². The average molecular weight is 230 g/mol. The number of aromatic nitrogens is 4. The first-order valence-electron chi connectivity index (χ1n) is 3.67. The minimum Gasteiger partial charge on any atom is -0.398 e. The van der Waals surface area contributed by atoms with Gasteiger partial charge in [-0.1, -0.05) is 23.2 Å². The summed E-state index contributed by atoms with van der Waals surface area (Å²) in [6, 6.07) is 3.15. The van der Waals surface area contributed by atoms with E-state index in [-0.39, 0.29) is 0 Å². The molecule has 0 bridgehead atoms. The molecule has 0 radical (unpaired) electrons. The van der Waals surface area contributed by atoms with Gasteiger partial charge in [-0.05, 0) is 17.3 Å². The van der Waals surface area contributed by atoms with E-state index < -0.39 is 0 Å². The van der Waals surface area contributed by atoms with Crippen LogP contribution in [0.3, 0.4) is 0 Å². The predicted molar refractivity (Wildman–Crippen MR) is 54.0 cm³/mol. The molecule has 2 aromatic rings. The Morgan fingerprint density at radius 3 is 2.64 bits per heavy atom. The van der Waals surface area contributed by atoms with Crippen LogP contribution in [0.4, 0.5) is 5.69 Å². The van der Waals surface area contributed by atoms with Gasteiger partial charge < -0.3 is 5.73 Å². The smallest absolute Gasteiger partial charge is 0.206 e. The number of aromatic amines is 1. The Balaban J connectivity index is 2.60. The Labute approximate surface area is 89.2 Å². The highest BCUT2D eigenvalue weighted by Crippen LogP contribution is 2.31. The first-order valence-corrected chi connectivity index (χ1v) is 4.42. The number of H-pyrrole nitrogens is 1. The third-order valence-corrected chi connectivity index (χ3v) is 2.31. The number of tetrazole rings is 1. The van der Waals surface area contributed by atoms with Crippen molar-refractivity contribution in [3.63, 3.8) is 0 Å². The van der Waals surface area contributed by atoms with Crippen molar-refractivity contribution in [2.75, 3.05) is 5.73 Å². The van der Waals surface area contributed by atoms with Crippen molar-refractivity contribution < 1.29 is 0 Å². The normalized spacial score (nSPS) is 10.4. The molecule has 0 saturated carbocycles. The van der Waals surface area contributed by atoms with Gasteiger partial charge in [-0.3, -0.25) is 0 Å². The number of nitrogens with two attached hydrogens (primary N) is 1. The summed E-state index contributed by atoms with van der Waals surface area (Å²) in [6.45, 7) is 0. The van der Waals surface area contributed by atoms with Crippen LogP contribution in [0.15, 0.2) is 12.1 Å². The Morgan fingerprint density at radius 2 is 2.00 bits per heavy atom. The molecule has 2 rings (SSSR count). The number of nitrogens with zero attached hydrogens (tertiary/aromatic N) is 3. The number of hydrogen-bond donors (Lipinski definition) is 2. The van der Waals surface area contributed by atoms with Crippen LogP contribution in [-0.2, 0) is 0 Å². The molecule has 1 aromatic heterocycles. The summed E-state index contributed by atoms with van der Waals surface area (Å²) >= 11 is 11.7. The average Bonchev–Trinajstić information content (AvgIpc) is 2.64. The largest absolute Gasteiger partial charge is 0.398 e. The molecule has 14 heavy (non-hydrogen) atoms. The van der Waals surface area contributed by atoms with Crippen LogP contribution < -0.4 is 5.73 Å². The lowest BCUT2D eigenvalue weighted by Crippen LogP contribution is -1.90. The fourth-order valence-corrected chi connectivity index (χ4v) is 1.48. The minimum atomic E-state index is 0.387. The SMILES string of the molecule is Nc1cc(-c2nn[nH]n2)c(Cl)cc1Cl. The maximum absolute atomic E-state index is 5.93. The highest BCUT2D eigenvalue weighted by Gasteiger charge is 2.10. The molecule has 0 unspecified atom stereocenters. The summed E-state index contributed by atoms with van der Waals surface area (Å²) in [5.41, 5.74) is 6.64. The van der Waals surface area contributed by atoms with Crippen molar-refractivity contribution in [3.05, 3.63) is 22.2 Å². The Kier molecular flexibility index (Phi) is 2.26. The van der Waals surface area contributed by atoms with E-state index in [1.165, 1.54) is 0 Å². The number of nitrogen functional groups attached to an aromatic ring is 1. The number of nitrogens with one attached hydrogen (secondary N) is 1. The van der Waals surface area contributed by atoms with E-state index in [2.05, 4.69) is 20.6 Å². The van der Waals surface area contributed by atoms with Crippen molar-refractivity contribution in [1.82, 2.24) is 20.6 Å². The van der Waals surface area contributed by atoms with Crippen molar-refractivity contribution in [2.45, 2.75) is 0 Å². The number of benzene rings is 1. The molecule has 0 atom stereocenters. The van der Waals surface area contributed by atoms with Crippen molar-refractivity contribution in [3.8, 4) is 11.4 Å². The van der Waals surface area contributed by atoms with Crippen LogP contribution in [0.5, 0.6) is 0 Å². The maximum atomic E-state index is 5.93. The van der Waals surface area contributed by atoms with Crippen LogP contribution >= 0.6 is 23.2 Å². The Morgan fingerprint density at radius 1 is 1.21 bits per heavy atom. The third kappa shape index (κ3) is 1.51. The molecule has 1 aromatic carbocycles. The van der Waals surface area contributed by atoms with Crippen LogP contribution in [0, 0.1) is 0 Å². The monoisotopic (exact) mass is 229 g/mol. The first kappa shape index (κ1) is 9.23. The van der Waals surface area contributed by atoms with Gasteiger partial charge in [-0.25, -0.2) is 0 Å². The molecule has 0 aliphatic carbocycles. The van der Waals surface area contributed by atoms with Gasteiger partial charge in [0.2, 0.25) is 5.82 Å². The van der Waals surface area contributed by atoms with E-state index in [0.29, 0.717) is 27.1 Å². The van der Waals surface area contributed by atoms with Gasteiger partial charge in [-0.15, -0.1) is 10.2 Å². The summed E-state index contributed by atoms with van der Waals surface area (Å²) in [6.07, 6.45) is 0. The zero-order valence-electron chi connectivity index (χ0n) is 6.83. The second-order valence-electron chi connectivity index (χ2n) is 2.59. The summed E-state index contributed by atoms with van der Waals surface area (Å²) in [5, 5.41) is 14.2. The van der Waals surface area contributed by atoms with Gasteiger partial charge in [0.15, 0.2) is 0 Å². The van der Waals surface area contributed by atoms with Gasteiger partial charge >= 0.3 is 0 Å². The molecule has 0 amide bonds. The molecule has 0 aliphatic rings. The molecule has 1 heterocycles. The molecule has 0 aliphatic heterocycles. The van der Waals surface area contributed by atoms with E-state index in [1.807, 2.05) is 0 Å². The zero-order chi connectivity index (χ0) is 10.1. The third-order valence-electron chi connectivity index (χ3n) is 1.67. The van der Waals surface area contributed by atoms with Crippen LogP contribution in [0.25, 0.3) is 11.4 Å². The highest BCUT2D eigenvalue weighted by molar-refractivity contribution is 6.37. The van der Waals surface area contributed by atoms with Crippen LogP contribution in [0.1, 0.15) is 0 Å². The van der Waals surface area contributed by atoms with E-state index >= 15 is 0 Å². The molecule has 0 saturated heterocycles. The lowest BCUT2D eigenvalue weighted by Gasteiger charge is -2.02.